The van der Waals surface area contributed by atoms with Gasteiger partial charge in [0.1, 0.15) is 11.9 Å². The number of nitrogens with one attached hydrogen (secondary N) is 1. The van der Waals surface area contributed by atoms with Crippen LogP contribution < -0.4 is 0 Å². The smallest absolute Gasteiger partial charge is 0.185 e. The highest BCUT2D eigenvalue weighted by atomic mass is 19.1. The van der Waals surface area contributed by atoms with Crippen LogP contribution in [-0.2, 0) is 4.74 Å². The molecular weight excluding hydrogens is 409 g/mol. The SMILES string of the molecule is CCCN1C(C)OC(O)(C(C)C)C1C/C=C\c1ccc(F)c(-c2[nH]nc3ncccc23)n1. The van der Waals surface area contributed by atoms with Crippen LogP contribution in [0.2, 0.25) is 0 Å². The first-order valence-corrected chi connectivity index (χ1v) is 11.1. The van der Waals surface area contributed by atoms with Gasteiger partial charge < -0.3 is 9.84 Å². The van der Waals surface area contributed by atoms with Crippen LogP contribution in [0.4, 0.5) is 4.39 Å². The predicted molar refractivity (Wildman–Crippen MR) is 122 cm³/mol. The molecule has 1 fully saturated rings. The normalized spacial score (nSPS) is 24.3. The molecule has 170 valence electrons. The lowest BCUT2D eigenvalue weighted by Crippen LogP contribution is -2.49. The average Bonchev–Trinajstić information content (AvgIpc) is 3.30. The molecule has 4 heterocycles. The highest BCUT2D eigenvalue weighted by Crippen LogP contribution is 2.38. The van der Waals surface area contributed by atoms with Crippen molar-refractivity contribution in [1.82, 2.24) is 25.1 Å². The molecule has 1 aliphatic heterocycles. The monoisotopic (exact) mass is 439 g/mol. The van der Waals surface area contributed by atoms with Crippen molar-refractivity contribution in [2.45, 2.75) is 58.6 Å². The molecule has 3 atom stereocenters. The van der Waals surface area contributed by atoms with Crippen LogP contribution in [0.1, 0.15) is 46.2 Å². The zero-order valence-corrected chi connectivity index (χ0v) is 18.9. The third-order valence-corrected chi connectivity index (χ3v) is 6.10. The topological polar surface area (TPSA) is 87.2 Å². The maximum atomic E-state index is 14.6. The van der Waals surface area contributed by atoms with Crippen molar-refractivity contribution >= 4 is 17.1 Å². The Bertz CT molecular complexity index is 1110. The molecule has 0 spiro atoms. The van der Waals surface area contributed by atoms with Crippen molar-refractivity contribution in [1.29, 1.82) is 0 Å². The maximum Gasteiger partial charge on any atom is 0.185 e. The van der Waals surface area contributed by atoms with Gasteiger partial charge >= 0.3 is 0 Å². The van der Waals surface area contributed by atoms with Crippen LogP contribution in [0.3, 0.4) is 0 Å². The van der Waals surface area contributed by atoms with Gasteiger partial charge in [0.25, 0.3) is 0 Å². The van der Waals surface area contributed by atoms with Gasteiger partial charge in [-0.25, -0.2) is 14.4 Å². The zero-order chi connectivity index (χ0) is 22.9. The lowest BCUT2D eigenvalue weighted by Gasteiger charge is -2.34. The minimum atomic E-state index is -1.22. The van der Waals surface area contributed by atoms with E-state index in [9.17, 15) is 9.50 Å². The van der Waals surface area contributed by atoms with Crippen molar-refractivity contribution in [3.63, 3.8) is 0 Å². The van der Waals surface area contributed by atoms with Crippen LogP contribution in [0.15, 0.2) is 36.5 Å². The summed E-state index contributed by atoms with van der Waals surface area (Å²) in [5, 5.41) is 18.9. The van der Waals surface area contributed by atoms with Gasteiger partial charge in [-0.05, 0) is 50.1 Å². The van der Waals surface area contributed by atoms with Crippen LogP contribution in [0.5, 0.6) is 0 Å². The van der Waals surface area contributed by atoms with E-state index >= 15 is 0 Å². The molecule has 2 N–H and O–H groups in total. The Morgan fingerprint density at radius 2 is 2.16 bits per heavy atom. The molecule has 32 heavy (non-hydrogen) atoms. The lowest BCUT2D eigenvalue weighted by atomic mass is 9.92. The molecule has 4 rings (SSSR count). The van der Waals surface area contributed by atoms with Crippen molar-refractivity contribution in [2.24, 2.45) is 5.92 Å². The van der Waals surface area contributed by atoms with Gasteiger partial charge in [0.05, 0.1) is 17.4 Å². The highest BCUT2D eigenvalue weighted by Gasteiger charge is 2.51. The van der Waals surface area contributed by atoms with Crippen LogP contribution in [0.25, 0.3) is 28.5 Å². The van der Waals surface area contributed by atoms with E-state index in [4.69, 9.17) is 4.74 Å². The lowest BCUT2D eigenvalue weighted by molar-refractivity contribution is -0.222. The number of hydrogen-bond donors (Lipinski definition) is 2. The van der Waals surface area contributed by atoms with E-state index in [0.29, 0.717) is 28.8 Å². The molecule has 8 heteroatoms. The summed E-state index contributed by atoms with van der Waals surface area (Å²) in [6.45, 7) is 8.87. The number of H-pyrrole nitrogens is 1. The summed E-state index contributed by atoms with van der Waals surface area (Å²) in [5.41, 5.74) is 1.84. The number of aliphatic hydroxyl groups is 1. The fourth-order valence-corrected chi connectivity index (χ4v) is 4.41. The molecule has 1 aliphatic rings. The van der Waals surface area contributed by atoms with Crippen molar-refractivity contribution in [3.8, 4) is 11.4 Å². The molecule has 3 unspecified atom stereocenters. The Hall–Kier alpha value is -2.68. The summed E-state index contributed by atoms with van der Waals surface area (Å²) in [6.07, 6.45) is 6.87. The minimum absolute atomic E-state index is 0.0528. The first-order chi connectivity index (χ1) is 15.3. The number of pyridine rings is 2. The van der Waals surface area contributed by atoms with Gasteiger partial charge in [0.2, 0.25) is 0 Å². The number of aromatic amines is 1. The quantitative estimate of drug-likeness (QED) is 0.569. The molecule has 3 aromatic rings. The average molecular weight is 440 g/mol. The standard InChI is InChI=1S/C24H30FN5O2/c1-5-14-30-16(4)32-24(31,15(2)3)20(30)10-6-8-17-11-12-19(25)22(27-17)21-18-9-7-13-26-23(18)29-28-21/h6-9,11-13,15-16,20,31H,5,10,14H2,1-4H3,(H,26,28,29)/b8-6-. The number of hydrogen-bond acceptors (Lipinski definition) is 6. The number of halogens is 1. The molecule has 0 aromatic carbocycles. The first-order valence-electron chi connectivity index (χ1n) is 11.1. The first kappa shape index (κ1) is 22.5. The summed E-state index contributed by atoms with van der Waals surface area (Å²) >= 11 is 0. The Morgan fingerprint density at radius 1 is 1.34 bits per heavy atom. The molecule has 0 saturated carbocycles. The fraction of sp³-hybridized carbons (Fsp3) is 0.458. The zero-order valence-electron chi connectivity index (χ0n) is 18.9. The third kappa shape index (κ3) is 4.05. The molecule has 7 nitrogen and oxygen atoms in total. The number of fused-ring (bicyclic) bond motifs is 1. The van der Waals surface area contributed by atoms with Gasteiger partial charge in [0.15, 0.2) is 17.3 Å². The van der Waals surface area contributed by atoms with E-state index < -0.39 is 11.6 Å². The Balaban J connectivity index is 1.59. The highest BCUT2D eigenvalue weighted by molar-refractivity contribution is 5.89. The van der Waals surface area contributed by atoms with Crippen LogP contribution in [-0.4, -0.2) is 54.8 Å². The summed E-state index contributed by atoms with van der Waals surface area (Å²) in [6, 6.07) is 6.49. The van der Waals surface area contributed by atoms with Crippen LogP contribution in [0, 0.1) is 11.7 Å². The van der Waals surface area contributed by atoms with Gasteiger partial charge in [-0.15, -0.1) is 0 Å². The molecular formula is C24H30FN5O2. The maximum absolute atomic E-state index is 14.6. The molecule has 0 amide bonds. The van der Waals surface area contributed by atoms with Crippen molar-refractivity contribution in [3.05, 3.63) is 48.0 Å². The second-order valence-electron chi connectivity index (χ2n) is 8.56. The van der Waals surface area contributed by atoms with Gasteiger partial charge in [-0.3, -0.25) is 10.00 Å². The number of aromatic nitrogens is 4. The van der Waals surface area contributed by atoms with E-state index in [1.807, 2.05) is 39.0 Å². The van der Waals surface area contributed by atoms with Gasteiger partial charge in [0, 0.05) is 24.0 Å². The van der Waals surface area contributed by atoms with Gasteiger partial charge in [-0.1, -0.05) is 26.8 Å². The largest absolute Gasteiger partial charge is 0.364 e. The third-order valence-electron chi connectivity index (χ3n) is 6.10. The fourth-order valence-electron chi connectivity index (χ4n) is 4.41. The predicted octanol–water partition coefficient (Wildman–Crippen LogP) is 4.36. The molecule has 3 aromatic heterocycles. The summed E-state index contributed by atoms with van der Waals surface area (Å²) < 4.78 is 20.6. The second-order valence-corrected chi connectivity index (χ2v) is 8.56. The van der Waals surface area contributed by atoms with E-state index in [-0.39, 0.29) is 23.9 Å². The van der Waals surface area contributed by atoms with E-state index in [1.54, 1.807) is 18.3 Å². The summed E-state index contributed by atoms with van der Waals surface area (Å²) in [4.78, 5) is 10.9. The Kier molecular flexibility index (Phi) is 6.37. The molecule has 1 saturated heterocycles. The minimum Gasteiger partial charge on any atom is -0.364 e. The van der Waals surface area contributed by atoms with E-state index in [0.717, 1.165) is 13.0 Å². The van der Waals surface area contributed by atoms with Crippen molar-refractivity contribution in [2.75, 3.05) is 6.54 Å². The van der Waals surface area contributed by atoms with Crippen LogP contribution >= 0.6 is 0 Å². The summed E-state index contributed by atoms with van der Waals surface area (Å²) in [5.74, 6) is -1.71. The van der Waals surface area contributed by atoms with E-state index in [2.05, 4.69) is 32.0 Å². The van der Waals surface area contributed by atoms with Gasteiger partial charge in [-0.2, -0.15) is 5.10 Å². The molecule has 0 bridgehead atoms. The van der Waals surface area contributed by atoms with Crippen molar-refractivity contribution < 1.29 is 14.2 Å². The molecule has 0 aliphatic carbocycles. The Labute approximate surface area is 187 Å². The number of nitrogens with zero attached hydrogens (tertiary/aromatic N) is 4. The molecule has 0 radical (unpaired) electrons. The second kappa shape index (κ2) is 9.05. The number of rotatable bonds is 7. The Morgan fingerprint density at radius 3 is 2.91 bits per heavy atom. The number of ether oxygens (including phenoxy) is 1. The summed E-state index contributed by atoms with van der Waals surface area (Å²) in [7, 11) is 0. The van der Waals surface area contributed by atoms with E-state index in [1.165, 1.54) is 6.07 Å².